The SMILES string of the molecule is C/C([OH2+])=C(/C(=N)c1ccccc1)c1ccc(S(N)(=O)=O)cc1. The zero-order valence-electron chi connectivity index (χ0n) is 12.0. The van der Waals surface area contributed by atoms with Gasteiger partial charge in [-0.1, -0.05) is 42.5 Å². The molecule has 0 saturated carbocycles. The maximum atomic E-state index is 11.3. The van der Waals surface area contributed by atoms with E-state index in [1.54, 1.807) is 31.2 Å². The molecule has 22 heavy (non-hydrogen) atoms. The number of hydrogen-bond donors (Lipinski definition) is 2. The summed E-state index contributed by atoms with van der Waals surface area (Å²) < 4.78 is 22.6. The molecule has 0 bridgehead atoms. The summed E-state index contributed by atoms with van der Waals surface area (Å²) in [5.41, 5.74) is 1.97. The monoisotopic (exact) mass is 317 g/mol. The Morgan fingerprint density at radius 1 is 1.00 bits per heavy atom. The largest absolute Gasteiger partial charge is 0.596 e. The van der Waals surface area contributed by atoms with E-state index in [1.165, 1.54) is 12.1 Å². The van der Waals surface area contributed by atoms with Crippen molar-refractivity contribution in [2.75, 3.05) is 0 Å². The summed E-state index contributed by atoms with van der Waals surface area (Å²) in [6, 6.07) is 15.0. The number of nitrogens with two attached hydrogens (primary N) is 1. The Morgan fingerprint density at radius 3 is 2.00 bits per heavy atom. The highest BCUT2D eigenvalue weighted by molar-refractivity contribution is 7.89. The van der Waals surface area contributed by atoms with Gasteiger partial charge in [-0.05, 0) is 17.7 Å². The Hall–Kier alpha value is -2.44. The summed E-state index contributed by atoms with van der Waals surface area (Å²) in [4.78, 5) is 0.00414. The quantitative estimate of drug-likeness (QED) is 0.510. The van der Waals surface area contributed by atoms with Crippen molar-refractivity contribution >= 4 is 21.3 Å². The van der Waals surface area contributed by atoms with Crippen molar-refractivity contribution in [1.29, 1.82) is 5.41 Å². The van der Waals surface area contributed by atoms with Crippen molar-refractivity contribution in [3.63, 3.8) is 0 Å². The van der Waals surface area contributed by atoms with Crippen molar-refractivity contribution in [2.45, 2.75) is 11.8 Å². The second-order valence-electron chi connectivity index (χ2n) is 4.81. The van der Waals surface area contributed by atoms with Gasteiger partial charge in [-0.2, -0.15) is 0 Å². The number of hydrogen-bond acceptors (Lipinski definition) is 3. The van der Waals surface area contributed by atoms with Gasteiger partial charge >= 0.3 is 0 Å². The molecule has 5 nitrogen and oxygen atoms in total. The van der Waals surface area contributed by atoms with Gasteiger partial charge in [-0.25, -0.2) is 13.6 Å². The molecular weight excluding hydrogens is 300 g/mol. The summed E-state index contributed by atoms with van der Waals surface area (Å²) in [6.07, 6.45) is 0. The molecule has 0 aromatic heterocycles. The minimum Gasteiger partial charge on any atom is -0.596 e. The molecule has 2 aromatic carbocycles. The third kappa shape index (κ3) is 3.41. The van der Waals surface area contributed by atoms with Gasteiger partial charge in [-0.15, -0.1) is 0 Å². The molecule has 0 aliphatic carbocycles. The Bertz CT molecular complexity index is 819. The average molecular weight is 317 g/mol. The fourth-order valence-corrected chi connectivity index (χ4v) is 2.62. The molecule has 114 valence electrons. The first-order valence-corrected chi connectivity index (χ1v) is 8.05. The predicted octanol–water partition coefficient (Wildman–Crippen LogP) is 1.86. The highest BCUT2D eigenvalue weighted by atomic mass is 32.2. The first-order valence-electron chi connectivity index (χ1n) is 6.51. The van der Waals surface area contributed by atoms with Crippen molar-refractivity contribution in [3.8, 4) is 0 Å². The molecule has 0 aliphatic heterocycles. The van der Waals surface area contributed by atoms with E-state index in [9.17, 15) is 8.42 Å². The van der Waals surface area contributed by atoms with Gasteiger partial charge in [0, 0.05) is 12.5 Å². The van der Waals surface area contributed by atoms with Crippen LogP contribution in [0.1, 0.15) is 18.1 Å². The smallest absolute Gasteiger partial charge is 0.238 e. The summed E-state index contributed by atoms with van der Waals surface area (Å²) >= 11 is 0. The maximum Gasteiger partial charge on any atom is 0.238 e. The highest BCUT2D eigenvalue weighted by Crippen LogP contribution is 2.23. The van der Waals surface area contributed by atoms with E-state index in [1.807, 2.05) is 18.2 Å². The van der Waals surface area contributed by atoms with Gasteiger partial charge in [-0.3, -0.25) is 5.41 Å². The van der Waals surface area contributed by atoms with Crippen LogP contribution in [0.5, 0.6) is 0 Å². The van der Waals surface area contributed by atoms with Crippen molar-refractivity contribution < 1.29 is 13.5 Å². The van der Waals surface area contributed by atoms with E-state index in [2.05, 4.69) is 0 Å². The number of benzene rings is 2. The van der Waals surface area contributed by atoms with Gasteiger partial charge in [0.1, 0.15) is 0 Å². The van der Waals surface area contributed by atoms with Gasteiger partial charge in [0.2, 0.25) is 15.8 Å². The lowest BCUT2D eigenvalue weighted by Gasteiger charge is -2.10. The predicted molar refractivity (Wildman–Crippen MR) is 87.3 cm³/mol. The number of primary sulfonamides is 1. The zero-order valence-corrected chi connectivity index (χ0v) is 12.8. The molecule has 0 heterocycles. The Morgan fingerprint density at radius 2 is 1.55 bits per heavy atom. The van der Waals surface area contributed by atoms with Gasteiger partial charge in [0.25, 0.3) is 0 Å². The number of allylic oxidation sites excluding steroid dienone is 2. The molecule has 0 radical (unpaired) electrons. The number of rotatable bonds is 4. The van der Waals surface area contributed by atoms with E-state index >= 15 is 0 Å². The second kappa shape index (κ2) is 6.13. The van der Waals surface area contributed by atoms with Crippen LogP contribution in [-0.2, 0) is 10.0 Å². The Balaban J connectivity index is 2.47. The van der Waals surface area contributed by atoms with E-state index < -0.39 is 10.0 Å². The average Bonchev–Trinajstić information content (AvgIpc) is 2.47. The van der Waals surface area contributed by atoms with E-state index in [-0.39, 0.29) is 16.4 Å². The minimum absolute atomic E-state index is 0.00414. The lowest BCUT2D eigenvalue weighted by Crippen LogP contribution is -2.12. The summed E-state index contributed by atoms with van der Waals surface area (Å²) in [6.45, 7) is 1.60. The molecule has 0 atom stereocenters. The molecule has 0 spiro atoms. The normalized spacial score (nSPS) is 12.6. The fraction of sp³-hybridized carbons (Fsp3) is 0.0625. The van der Waals surface area contributed by atoms with Crippen LogP contribution in [0.25, 0.3) is 5.57 Å². The molecule has 0 unspecified atom stereocenters. The lowest BCUT2D eigenvalue weighted by atomic mass is 9.95. The molecule has 0 amide bonds. The maximum absolute atomic E-state index is 11.3. The van der Waals surface area contributed by atoms with E-state index in [0.29, 0.717) is 16.7 Å². The van der Waals surface area contributed by atoms with Gasteiger partial charge in [0.15, 0.2) is 0 Å². The molecule has 6 heteroatoms. The second-order valence-corrected chi connectivity index (χ2v) is 6.37. The van der Waals surface area contributed by atoms with E-state index in [4.69, 9.17) is 15.7 Å². The zero-order chi connectivity index (χ0) is 16.3. The lowest BCUT2D eigenvalue weighted by molar-refractivity contribution is 0.418. The van der Waals surface area contributed by atoms with Crippen LogP contribution in [-0.4, -0.2) is 19.2 Å². The first kappa shape index (κ1) is 15.9. The van der Waals surface area contributed by atoms with Crippen LogP contribution in [0.2, 0.25) is 0 Å². The standard InChI is InChI=1S/C16H16N2O3S/c1-11(19)15(16(17)13-5-3-2-4-6-13)12-7-9-14(10-8-12)22(18,20)21/h2-10,17,19H,1H3,(H2,18,20,21)/p+1/b15-11-,17-16?. The van der Waals surface area contributed by atoms with Crippen LogP contribution >= 0.6 is 0 Å². The molecule has 0 aliphatic rings. The molecule has 2 rings (SSSR count). The Labute approximate surface area is 129 Å². The first-order chi connectivity index (χ1) is 10.3. The molecule has 0 saturated heterocycles. The summed E-state index contributed by atoms with van der Waals surface area (Å²) in [7, 11) is -3.75. The molecule has 2 aromatic rings. The highest BCUT2D eigenvalue weighted by Gasteiger charge is 2.17. The topological polar surface area (TPSA) is 107 Å². The van der Waals surface area contributed by atoms with Crippen LogP contribution in [0.3, 0.4) is 0 Å². The molecule has 0 fully saturated rings. The van der Waals surface area contributed by atoms with E-state index in [0.717, 1.165) is 0 Å². The van der Waals surface area contributed by atoms with Crippen LogP contribution in [0, 0.1) is 5.41 Å². The van der Waals surface area contributed by atoms with Crippen molar-refractivity contribution in [3.05, 3.63) is 71.5 Å². The minimum atomic E-state index is -3.75. The van der Waals surface area contributed by atoms with Gasteiger partial charge in [0.05, 0.1) is 16.2 Å². The third-order valence-corrected chi connectivity index (χ3v) is 4.09. The summed E-state index contributed by atoms with van der Waals surface area (Å²) in [5, 5.41) is 21.3. The number of sulfonamides is 1. The number of nitrogens with one attached hydrogen (secondary N) is 1. The van der Waals surface area contributed by atoms with Gasteiger partial charge < -0.3 is 5.11 Å². The van der Waals surface area contributed by atoms with Crippen LogP contribution < -0.4 is 5.14 Å². The van der Waals surface area contributed by atoms with Crippen molar-refractivity contribution in [1.82, 2.24) is 0 Å². The van der Waals surface area contributed by atoms with Crippen LogP contribution in [0.15, 0.2) is 65.3 Å². The third-order valence-electron chi connectivity index (χ3n) is 3.16. The van der Waals surface area contributed by atoms with Crippen molar-refractivity contribution in [2.24, 2.45) is 5.14 Å². The van der Waals surface area contributed by atoms with Crippen LogP contribution in [0.4, 0.5) is 0 Å². The molecular formula is C16H17N2O3S+. The molecule has 5 N–H and O–H groups in total. The fourth-order valence-electron chi connectivity index (χ4n) is 2.11. The summed E-state index contributed by atoms with van der Waals surface area (Å²) in [5.74, 6) is 0.234. The Kier molecular flexibility index (Phi) is 4.44.